The summed E-state index contributed by atoms with van der Waals surface area (Å²) in [7, 11) is 1.59. The highest BCUT2D eigenvalue weighted by Crippen LogP contribution is 2.21. The predicted octanol–water partition coefficient (Wildman–Crippen LogP) is 2.22. The summed E-state index contributed by atoms with van der Waals surface area (Å²) in [5.41, 5.74) is 0.427. The third kappa shape index (κ3) is 4.91. The number of rotatable bonds is 5. The van der Waals surface area contributed by atoms with E-state index in [0.717, 1.165) is 5.75 Å². The minimum absolute atomic E-state index is 0.135. The summed E-state index contributed by atoms with van der Waals surface area (Å²) >= 11 is 0. The van der Waals surface area contributed by atoms with Crippen molar-refractivity contribution in [1.29, 1.82) is 0 Å². The summed E-state index contributed by atoms with van der Waals surface area (Å²) in [5, 5.41) is 12.7. The summed E-state index contributed by atoms with van der Waals surface area (Å²) in [4.78, 5) is 11.8. The minimum atomic E-state index is -0.427. The monoisotopic (exact) mass is 265 g/mol. The van der Waals surface area contributed by atoms with Crippen LogP contribution in [-0.4, -0.2) is 30.8 Å². The summed E-state index contributed by atoms with van der Waals surface area (Å²) in [6.07, 6.45) is 0.120. The molecule has 0 saturated carbocycles. The maximum absolute atomic E-state index is 11.8. The molecule has 4 heteroatoms. The molecule has 0 aliphatic heterocycles. The quantitative estimate of drug-likeness (QED) is 0.858. The second-order valence-corrected chi connectivity index (χ2v) is 5.65. The number of benzene rings is 1. The van der Waals surface area contributed by atoms with E-state index in [0.29, 0.717) is 18.5 Å². The van der Waals surface area contributed by atoms with Gasteiger partial charge in [0.1, 0.15) is 5.75 Å². The molecule has 0 fully saturated rings. The fourth-order valence-electron chi connectivity index (χ4n) is 1.60. The number of carbonyl (C=O) groups is 1. The van der Waals surface area contributed by atoms with Crippen LogP contribution in [0.5, 0.6) is 5.75 Å². The number of aliphatic hydroxyl groups is 1. The van der Waals surface area contributed by atoms with E-state index in [4.69, 9.17) is 4.74 Å². The SMILES string of the molecule is COc1ccc(C(=O)NCC[C@H](O)C(C)(C)C)cc1. The Bertz CT molecular complexity index is 406. The first-order valence-corrected chi connectivity index (χ1v) is 6.45. The Hall–Kier alpha value is -1.55. The second kappa shape index (κ2) is 6.57. The predicted molar refractivity (Wildman–Crippen MR) is 75.4 cm³/mol. The summed E-state index contributed by atoms with van der Waals surface area (Å²) in [6.45, 7) is 6.39. The Labute approximate surface area is 114 Å². The fourth-order valence-corrected chi connectivity index (χ4v) is 1.60. The number of ether oxygens (including phenoxy) is 1. The Kier molecular flexibility index (Phi) is 5.36. The largest absolute Gasteiger partial charge is 0.497 e. The van der Waals surface area contributed by atoms with Gasteiger partial charge in [0.25, 0.3) is 5.91 Å². The van der Waals surface area contributed by atoms with Crippen LogP contribution in [-0.2, 0) is 0 Å². The molecule has 1 aromatic carbocycles. The lowest BCUT2D eigenvalue weighted by atomic mass is 9.87. The Balaban J connectivity index is 2.43. The van der Waals surface area contributed by atoms with Crippen molar-refractivity contribution >= 4 is 5.91 Å². The first-order chi connectivity index (χ1) is 8.84. The third-order valence-electron chi connectivity index (χ3n) is 3.06. The van der Waals surface area contributed by atoms with E-state index in [-0.39, 0.29) is 11.3 Å². The molecule has 0 spiro atoms. The van der Waals surface area contributed by atoms with Crippen LogP contribution in [0.15, 0.2) is 24.3 Å². The van der Waals surface area contributed by atoms with Crippen molar-refractivity contribution in [2.45, 2.75) is 33.3 Å². The van der Waals surface area contributed by atoms with Gasteiger partial charge in [-0.05, 0) is 36.1 Å². The van der Waals surface area contributed by atoms with Crippen LogP contribution in [0.1, 0.15) is 37.6 Å². The van der Waals surface area contributed by atoms with Crippen LogP contribution in [0.25, 0.3) is 0 Å². The minimum Gasteiger partial charge on any atom is -0.497 e. The average Bonchev–Trinajstić information content (AvgIpc) is 2.37. The molecule has 0 heterocycles. The molecule has 0 aromatic heterocycles. The topological polar surface area (TPSA) is 58.6 Å². The van der Waals surface area contributed by atoms with Crippen molar-refractivity contribution < 1.29 is 14.6 Å². The normalized spacial score (nSPS) is 12.9. The van der Waals surface area contributed by atoms with Gasteiger partial charge in [-0.3, -0.25) is 4.79 Å². The number of hydrogen-bond donors (Lipinski definition) is 2. The first kappa shape index (κ1) is 15.5. The van der Waals surface area contributed by atoms with E-state index in [2.05, 4.69) is 5.32 Å². The van der Waals surface area contributed by atoms with Crippen LogP contribution in [0, 0.1) is 5.41 Å². The van der Waals surface area contributed by atoms with Gasteiger partial charge >= 0.3 is 0 Å². The van der Waals surface area contributed by atoms with Crippen molar-refractivity contribution in [3.05, 3.63) is 29.8 Å². The van der Waals surface area contributed by atoms with Crippen LogP contribution < -0.4 is 10.1 Å². The lowest BCUT2D eigenvalue weighted by Gasteiger charge is -2.25. The maximum Gasteiger partial charge on any atom is 0.251 e. The zero-order valence-corrected chi connectivity index (χ0v) is 12.1. The van der Waals surface area contributed by atoms with Crippen LogP contribution >= 0.6 is 0 Å². The number of amides is 1. The van der Waals surface area contributed by atoms with Crippen molar-refractivity contribution in [1.82, 2.24) is 5.32 Å². The molecule has 1 atom stereocenters. The van der Waals surface area contributed by atoms with Gasteiger partial charge in [0.2, 0.25) is 0 Å². The number of carbonyl (C=O) groups excluding carboxylic acids is 1. The highest BCUT2D eigenvalue weighted by atomic mass is 16.5. The Morgan fingerprint density at radius 2 is 1.89 bits per heavy atom. The molecule has 4 nitrogen and oxygen atoms in total. The van der Waals surface area contributed by atoms with E-state index in [1.807, 2.05) is 20.8 Å². The van der Waals surface area contributed by atoms with Crippen LogP contribution in [0.3, 0.4) is 0 Å². The number of hydrogen-bond acceptors (Lipinski definition) is 3. The van der Waals surface area contributed by atoms with Gasteiger partial charge in [-0.2, -0.15) is 0 Å². The van der Waals surface area contributed by atoms with Crippen LogP contribution in [0.2, 0.25) is 0 Å². The molecule has 0 radical (unpaired) electrons. The van der Waals surface area contributed by atoms with Crippen LogP contribution in [0.4, 0.5) is 0 Å². The third-order valence-corrected chi connectivity index (χ3v) is 3.06. The summed E-state index contributed by atoms with van der Waals surface area (Å²) < 4.78 is 5.03. The summed E-state index contributed by atoms with van der Waals surface area (Å²) in [5.74, 6) is 0.587. The molecule has 0 unspecified atom stereocenters. The molecule has 106 valence electrons. The molecular weight excluding hydrogens is 242 g/mol. The Morgan fingerprint density at radius 3 is 2.37 bits per heavy atom. The average molecular weight is 265 g/mol. The molecule has 1 rings (SSSR count). The molecule has 1 amide bonds. The highest BCUT2D eigenvalue weighted by molar-refractivity contribution is 5.94. The van der Waals surface area contributed by atoms with Crippen molar-refractivity contribution in [2.75, 3.05) is 13.7 Å². The number of nitrogens with one attached hydrogen (secondary N) is 1. The van der Waals surface area contributed by atoms with Gasteiger partial charge in [-0.1, -0.05) is 20.8 Å². The van der Waals surface area contributed by atoms with E-state index in [1.54, 1.807) is 31.4 Å². The van der Waals surface area contributed by atoms with E-state index < -0.39 is 6.10 Å². The van der Waals surface area contributed by atoms with E-state index in [1.165, 1.54) is 0 Å². The lowest BCUT2D eigenvalue weighted by molar-refractivity contribution is 0.0551. The number of aliphatic hydroxyl groups excluding tert-OH is 1. The van der Waals surface area contributed by atoms with Gasteiger partial charge in [-0.15, -0.1) is 0 Å². The molecule has 0 aliphatic carbocycles. The zero-order valence-electron chi connectivity index (χ0n) is 12.1. The standard InChI is InChI=1S/C15H23NO3/c1-15(2,3)13(17)9-10-16-14(18)11-5-7-12(19-4)8-6-11/h5-8,13,17H,9-10H2,1-4H3,(H,16,18)/t13-/m0/s1. The molecule has 1 aromatic rings. The maximum atomic E-state index is 11.8. The van der Waals surface area contributed by atoms with E-state index in [9.17, 15) is 9.90 Å². The van der Waals surface area contributed by atoms with Crippen molar-refractivity contribution in [2.24, 2.45) is 5.41 Å². The van der Waals surface area contributed by atoms with Crippen molar-refractivity contribution in [3.8, 4) is 5.75 Å². The first-order valence-electron chi connectivity index (χ1n) is 6.45. The molecule has 0 saturated heterocycles. The lowest BCUT2D eigenvalue weighted by Crippen LogP contribution is -2.32. The second-order valence-electron chi connectivity index (χ2n) is 5.65. The highest BCUT2D eigenvalue weighted by Gasteiger charge is 2.21. The smallest absolute Gasteiger partial charge is 0.251 e. The van der Waals surface area contributed by atoms with Gasteiger partial charge < -0.3 is 15.2 Å². The molecule has 19 heavy (non-hydrogen) atoms. The van der Waals surface area contributed by atoms with Gasteiger partial charge in [0.05, 0.1) is 13.2 Å². The molecule has 0 aliphatic rings. The number of methoxy groups -OCH3 is 1. The van der Waals surface area contributed by atoms with Gasteiger partial charge in [0, 0.05) is 12.1 Å². The summed E-state index contributed by atoms with van der Waals surface area (Å²) in [6, 6.07) is 6.93. The molecular formula is C15H23NO3. The molecule has 2 N–H and O–H groups in total. The fraction of sp³-hybridized carbons (Fsp3) is 0.533. The van der Waals surface area contributed by atoms with Gasteiger partial charge in [-0.25, -0.2) is 0 Å². The molecule has 0 bridgehead atoms. The Morgan fingerprint density at radius 1 is 1.32 bits per heavy atom. The van der Waals surface area contributed by atoms with Crippen molar-refractivity contribution in [3.63, 3.8) is 0 Å². The zero-order chi connectivity index (χ0) is 14.5. The van der Waals surface area contributed by atoms with E-state index >= 15 is 0 Å². The van der Waals surface area contributed by atoms with Gasteiger partial charge in [0.15, 0.2) is 0 Å².